The van der Waals surface area contributed by atoms with Crippen LogP contribution in [-0.2, 0) is 43.3 Å². The molecule has 6 amide bonds. The van der Waals surface area contributed by atoms with Gasteiger partial charge in [-0.2, -0.15) is 4.90 Å². The molecule has 1 aromatic heterocycles. The summed E-state index contributed by atoms with van der Waals surface area (Å²) >= 11 is 0. The summed E-state index contributed by atoms with van der Waals surface area (Å²) in [5.41, 5.74) is 12.9. The number of carbonyl (C=O) groups excluding carboxylic acids is 6. The lowest BCUT2D eigenvalue weighted by Gasteiger charge is -2.30. The number of aromatic amines is 1. The summed E-state index contributed by atoms with van der Waals surface area (Å²) in [6.07, 6.45) is 0.312. The van der Waals surface area contributed by atoms with E-state index in [1.165, 1.54) is 18.5 Å². The molecule has 316 valence electrons. The molecule has 3 rings (SSSR count). The van der Waals surface area contributed by atoms with Gasteiger partial charge in [0.15, 0.2) is 0 Å². The summed E-state index contributed by atoms with van der Waals surface area (Å²) < 4.78 is 5.45. The van der Waals surface area contributed by atoms with Gasteiger partial charge in [-0.05, 0) is 75.1 Å². The number of nitrogens with two attached hydrogens (primary N) is 2. The minimum atomic E-state index is -1.45. The highest BCUT2D eigenvalue weighted by atomic mass is 16.6. The second-order valence-electron chi connectivity index (χ2n) is 16.3. The second kappa shape index (κ2) is 21.9. The van der Waals surface area contributed by atoms with Gasteiger partial charge in [-0.1, -0.05) is 70.2 Å². The molecule has 0 saturated carbocycles. The lowest BCUT2D eigenvalue weighted by atomic mass is 9.95. The number of imide groups is 3. The molecule has 0 fully saturated rings. The number of hydrogen-bond acceptors (Lipinski definition) is 11. The number of imidazole rings is 1. The van der Waals surface area contributed by atoms with Gasteiger partial charge in [-0.25, -0.2) is 9.78 Å². The number of nitrogens with one attached hydrogen (secondary N) is 4. The highest BCUT2D eigenvalue weighted by Crippen LogP contribution is 2.19. The molecular weight excluding hydrogens is 745 g/mol. The zero-order valence-corrected chi connectivity index (χ0v) is 34.5. The predicted octanol–water partition coefficient (Wildman–Crippen LogP) is 2.88. The van der Waals surface area contributed by atoms with Crippen LogP contribution in [0, 0.1) is 11.8 Å². The number of H-pyrrole nitrogens is 1. The number of aromatic nitrogens is 2. The molecule has 2 aromatic carbocycles. The fourth-order valence-electron chi connectivity index (χ4n) is 6.14. The maximum absolute atomic E-state index is 14.2. The van der Waals surface area contributed by atoms with Crippen molar-refractivity contribution >= 4 is 35.6 Å². The highest BCUT2D eigenvalue weighted by molar-refractivity contribution is 6.16. The molecule has 1 heterocycles. The van der Waals surface area contributed by atoms with Crippen molar-refractivity contribution in [1.82, 2.24) is 30.8 Å². The molecule has 9 N–H and O–H groups in total. The largest absolute Gasteiger partial charge is 0.443 e. The van der Waals surface area contributed by atoms with E-state index >= 15 is 0 Å². The van der Waals surface area contributed by atoms with E-state index in [4.69, 9.17) is 16.2 Å². The molecule has 3 aromatic rings. The predicted molar refractivity (Wildman–Crippen MR) is 217 cm³/mol. The van der Waals surface area contributed by atoms with Gasteiger partial charge in [0.2, 0.25) is 17.7 Å². The van der Waals surface area contributed by atoms with Gasteiger partial charge in [0, 0.05) is 24.7 Å². The Hall–Kier alpha value is -5.45. The molecule has 5 atom stereocenters. The number of carbonyl (C=O) groups is 6. The Labute approximate surface area is 340 Å². The van der Waals surface area contributed by atoms with E-state index in [-0.39, 0.29) is 49.6 Å². The first-order valence-electron chi connectivity index (χ1n) is 19.5. The van der Waals surface area contributed by atoms with Crippen molar-refractivity contribution in [2.45, 2.75) is 123 Å². The number of aliphatic hydroxyl groups excluding tert-OH is 1. The third-order valence-corrected chi connectivity index (χ3v) is 8.90. The van der Waals surface area contributed by atoms with E-state index in [0.29, 0.717) is 16.2 Å². The third kappa shape index (κ3) is 15.1. The summed E-state index contributed by atoms with van der Waals surface area (Å²) in [4.78, 5) is 89.6. The van der Waals surface area contributed by atoms with Crippen molar-refractivity contribution < 1.29 is 38.6 Å². The van der Waals surface area contributed by atoms with Crippen LogP contribution < -0.4 is 27.4 Å². The average molecular weight is 805 g/mol. The van der Waals surface area contributed by atoms with Crippen molar-refractivity contribution in [1.29, 1.82) is 0 Å². The Kier molecular flexibility index (Phi) is 17.7. The highest BCUT2D eigenvalue weighted by Gasteiger charge is 2.39. The van der Waals surface area contributed by atoms with Crippen LogP contribution in [0.15, 0.2) is 67.1 Å². The molecule has 0 radical (unpaired) electrons. The van der Waals surface area contributed by atoms with Crippen LogP contribution in [0.4, 0.5) is 4.79 Å². The molecule has 0 aliphatic rings. The Morgan fingerprint density at radius 1 is 0.845 bits per heavy atom. The van der Waals surface area contributed by atoms with E-state index < -0.39 is 77.9 Å². The molecule has 0 spiro atoms. The number of nitrogens with zero attached hydrogens (tertiary/aromatic N) is 2. The monoisotopic (exact) mass is 804 g/mol. The van der Waals surface area contributed by atoms with Gasteiger partial charge in [-0.3, -0.25) is 24.0 Å². The standard InChI is InChI=1S/C42H60N8O8/c1-25(2)16-32(48-38(54)33(20-30-23-45-24-46-30)49-37(53)31(44)19-27-12-9-8-10-13-27)35(51)21-36(52)47-34(17-26(3)4)40(56)50(41(57)58-42(5,6)7)39(55)29-15-11-14-28(18-29)22-43/h8-15,18,23-26,31-35,51H,16-17,19-22,43-44H2,1-7H3,(H,45,46)(H,47,52)(H,48,54)(H,49,53)/t31-,32?,33-,34-,35-/m0/s1. The molecule has 0 bridgehead atoms. The summed E-state index contributed by atoms with van der Waals surface area (Å²) in [5.74, 6) is -4.20. The SMILES string of the molecule is CC(C)CC(NC(=O)[C@H](Cc1c[nH]cn1)NC(=O)[C@@H](N)Cc1ccccc1)[C@@H](O)CC(=O)N[C@@H](CC(C)C)C(=O)N(C(=O)OC(C)(C)C)C(=O)c1cccc(CN)c1. The molecule has 0 saturated heterocycles. The number of rotatable bonds is 19. The van der Waals surface area contributed by atoms with Crippen LogP contribution in [0.25, 0.3) is 0 Å². The normalized spacial score (nSPS) is 14.1. The zero-order valence-electron chi connectivity index (χ0n) is 34.5. The second-order valence-corrected chi connectivity index (χ2v) is 16.3. The molecule has 1 unspecified atom stereocenters. The smallest absolute Gasteiger partial charge is 0.424 e. The molecule has 0 aliphatic carbocycles. The van der Waals surface area contributed by atoms with Crippen LogP contribution >= 0.6 is 0 Å². The van der Waals surface area contributed by atoms with Crippen LogP contribution in [0.1, 0.15) is 94.9 Å². The lowest BCUT2D eigenvalue weighted by molar-refractivity contribution is -0.135. The zero-order chi connectivity index (χ0) is 43.2. The van der Waals surface area contributed by atoms with Crippen molar-refractivity contribution in [3.63, 3.8) is 0 Å². The van der Waals surface area contributed by atoms with Gasteiger partial charge in [-0.15, -0.1) is 0 Å². The minimum absolute atomic E-state index is 0.00644. The molecule has 58 heavy (non-hydrogen) atoms. The molecule has 16 heteroatoms. The lowest BCUT2D eigenvalue weighted by Crippen LogP contribution is -2.57. The van der Waals surface area contributed by atoms with Gasteiger partial charge < -0.3 is 42.2 Å². The summed E-state index contributed by atoms with van der Waals surface area (Å²) in [6, 6.07) is 10.9. The number of hydrogen-bond donors (Lipinski definition) is 7. The van der Waals surface area contributed by atoms with Gasteiger partial charge in [0.1, 0.15) is 17.7 Å². The van der Waals surface area contributed by atoms with Crippen molar-refractivity contribution in [2.75, 3.05) is 0 Å². The van der Waals surface area contributed by atoms with Crippen molar-refractivity contribution in [2.24, 2.45) is 23.3 Å². The van der Waals surface area contributed by atoms with Gasteiger partial charge >= 0.3 is 6.09 Å². The Morgan fingerprint density at radius 3 is 2.09 bits per heavy atom. The average Bonchev–Trinajstić information content (AvgIpc) is 3.66. The molecule has 16 nitrogen and oxygen atoms in total. The van der Waals surface area contributed by atoms with Crippen molar-refractivity contribution in [3.8, 4) is 0 Å². The minimum Gasteiger partial charge on any atom is -0.443 e. The maximum Gasteiger partial charge on any atom is 0.424 e. The quantitative estimate of drug-likeness (QED) is 0.0928. The topological polar surface area (TPSA) is 252 Å². The number of aliphatic hydroxyl groups is 1. The number of benzene rings is 2. The van der Waals surface area contributed by atoms with Crippen LogP contribution in [0.2, 0.25) is 0 Å². The first-order chi connectivity index (χ1) is 27.3. The number of ether oxygens (including phenoxy) is 1. The fraction of sp³-hybridized carbons (Fsp3) is 0.500. The Bertz CT molecular complexity index is 1830. The van der Waals surface area contributed by atoms with Crippen LogP contribution in [0.5, 0.6) is 0 Å². The van der Waals surface area contributed by atoms with Crippen molar-refractivity contribution in [3.05, 3.63) is 89.5 Å². The molecular formula is C42H60N8O8. The Balaban J connectivity index is 1.82. The first kappa shape index (κ1) is 46.9. The van der Waals surface area contributed by atoms with E-state index in [1.54, 1.807) is 52.9 Å². The van der Waals surface area contributed by atoms with Gasteiger partial charge in [0.25, 0.3) is 11.8 Å². The Morgan fingerprint density at radius 2 is 1.50 bits per heavy atom. The van der Waals surface area contributed by atoms with E-state index in [9.17, 15) is 33.9 Å². The summed E-state index contributed by atoms with van der Waals surface area (Å²) in [7, 11) is 0. The molecule has 0 aliphatic heterocycles. The van der Waals surface area contributed by atoms with Crippen LogP contribution in [-0.4, -0.2) is 91.5 Å². The summed E-state index contributed by atoms with van der Waals surface area (Å²) in [6.45, 7) is 12.2. The van der Waals surface area contributed by atoms with Gasteiger partial charge in [0.05, 0.1) is 36.6 Å². The number of amides is 6. The first-order valence-corrected chi connectivity index (χ1v) is 19.5. The fourth-order valence-corrected chi connectivity index (χ4v) is 6.14. The van der Waals surface area contributed by atoms with E-state index in [1.807, 2.05) is 44.2 Å². The third-order valence-electron chi connectivity index (χ3n) is 8.90. The van der Waals surface area contributed by atoms with E-state index in [0.717, 1.165) is 5.56 Å². The van der Waals surface area contributed by atoms with Crippen LogP contribution in [0.3, 0.4) is 0 Å². The summed E-state index contributed by atoms with van der Waals surface area (Å²) in [5, 5.41) is 19.6. The van der Waals surface area contributed by atoms with E-state index in [2.05, 4.69) is 25.9 Å². The maximum atomic E-state index is 14.2.